The summed E-state index contributed by atoms with van der Waals surface area (Å²) in [5.74, 6) is 1.44. The third-order valence-electron chi connectivity index (χ3n) is 1.28. The lowest BCUT2D eigenvalue weighted by Crippen LogP contribution is -1.90. The molecule has 3 nitrogen and oxygen atoms in total. The Balaban J connectivity index is 0.000001000. The minimum absolute atomic E-state index is 0. The van der Waals surface area contributed by atoms with Gasteiger partial charge in [-0.25, -0.2) is 4.98 Å². The lowest BCUT2D eigenvalue weighted by Gasteiger charge is -1.89. The molecule has 0 spiro atoms. The fraction of sp³-hybridized carbons (Fsp3) is 0.286. The smallest absolute Gasteiger partial charge is 0.145 e. The molecule has 1 aromatic rings. The molecular formula is C7H12ClN3. The molecule has 0 radical (unpaired) electrons. The van der Waals surface area contributed by atoms with Crippen LogP contribution in [0.5, 0.6) is 0 Å². The molecule has 3 N–H and O–H groups in total. The van der Waals surface area contributed by atoms with Gasteiger partial charge in [0.2, 0.25) is 0 Å². The highest BCUT2D eigenvalue weighted by Gasteiger charge is 2.00. The van der Waals surface area contributed by atoms with Gasteiger partial charge in [0.25, 0.3) is 0 Å². The first-order valence-corrected chi connectivity index (χ1v) is 3.16. The van der Waals surface area contributed by atoms with Gasteiger partial charge in [0.1, 0.15) is 11.6 Å². The molecule has 0 amide bonds. The van der Waals surface area contributed by atoms with Gasteiger partial charge in [-0.3, -0.25) is 0 Å². The summed E-state index contributed by atoms with van der Waals surface area (Å²) in [6.45, 7) is 5.48. The molecule has 4 heteroatoms. The molecule has 0 aromatic carbocycles. The van der Waals surface area contributed by atoms with Crippen molar-refractivity contribution in [3.05, 3.63) is 24.2 Å². The molecule has 0 fully saturated rings. The van der Waals surface area contributed by atoms with Crippen LogP contribution in [0.25, 0.3) is 0 Å². The molecular weight excluding hydrogens is 162 g/mol. The molecule has 0 saturated carbocycles. The van der Waals surface area contributed by atoms with E-state index in [1.54, 1.807) is 6.08 Å². The summed E-state index contributed by atoms with van der Waals surface area (Å²) in [5.41, 5.74) is 6.49. The van der Waals surface area contributed by atoms with Crippen molar-refractivity contribution >= 4 is 18.2 Å². The van der Waals surface area contributed by atoms with Crippen LogP contribution in [0.4, 0.5) is 5.82 Å². The topological polar surface area (TPSA) is 54.7 Å². The number of aromatic nitrogens is 2. The van der Waals surface area contributed by atoms with Crippen LogP contribution in [0.3, 0.4) is 0 Å². The molecule has 1 heterocycles. The fourth-order valence-electron chi connectivity index (χ4n) is 0.858. The maximum atomic E-state index is 5.54. The predicted molar refractivity (Wildman–Crippen MR) is 48.9 cm³/mol. The van der Waals surface area contributed by atoms with Crippen molar-refractivity contribution in [2.45, 2.75) is 13.3 Å². The number of hydrogen-bond acceptors (Lipinski definition) is 2. The van der Waals surface area contributed by atoms with Gasteiger partial charge in [-0.2, -0.15) is 0 Å². The van der Waals surface area contributed by atoms with E-state index in [9.17, 15) is 0 Å². The predicted octanol–water partition coefficient (Wildman–Crippen LogP) is 1.45. The summed E-state index contributed by atoms with van der Waals surface area (Å²) >= 11 is 0. The number of nitrogens with zero attached hydrogens (tertiary/aromatic N) is 1. The minimum atomic E-state index is 0. The molecule has 11 heavy (non-hydrogen) atoms. The number of rotatable bonds is 2. The van der Waals surface area contributed by atoms with Crippen molar-refractivity contribution in [2.75, 3.05) is 5.73 Å². The maximum absolute atomic E-state index is 5.54. The van der Waals surface area contributed by atoms with Crippen LogP contribution in [0.1, 0.15) is 11.5 Å². The first kappa shape index (κ1) is 10.0. The van der Waals surface area contributed by atoms with E-state index in [4.69, 9.17) is 5.73 Å². The summed E-state index contributed by atoms with van der Waals surface area (Å²) in [7, 11) is 0. The van der Waals surface area contributed by atoms with E-state index in [1.807, 2.05) is 6.92 Å². The van der Waals surface area contributed by atoms with E-state index in [0.29, 0.717) is 5.82 Å². The molecule has 1 rings (SSSR count). The van der Waals surface area contributed by atoms with E-state index in [2.05, 4.69) is 16.5 Å². The summed E-state index contributed by atoms with van der Waals surface area (Å²) in [6.07, 6.45) is 2.55. The van der Waals surface area contributed by atoms with E-state index in [1.165, 1.54) is 0 Å². The number of aromatic amines is 1. The van der Waals surface area contributed by atoms with E-state index >= 15 is 0 Å². The van der Waals surface area contributed by atoms with Crippen molar-refractivity contribution in [3.8, 4) is 0 Å². The van der Waals surface area contributed by atoms with Crippen molar-refractivity contribution < 1.29 is 0 Å². The molecule has 0 aliphatic carbocycles. The van der Waals surface area contributed by atoms with Crippen LogP contribution in [0.2, 0.25) is 0 Å². The number of anilines is 1. The number of hydrogen-bond donors (Lipinski definition) is 2. The quantitative estimate of drug-likeness (QED) is 0.666. The Morgan fingerprint density at radius 3 is 2.73 bits per heavy atom. The monoisotopic (exact) mass is 173 g/mol. The van der Waals surface area contributed by atoms with Gasteiger partial charge in [-0.15, -0.1) is 19.0 Å². The molecule has 0 saturated heterocycles. The summed E-state index contributed by atoms with van der Waals surface area (Å²) in [5, 5.41) is 0. The largest absolute Gasteiger partial charge is 0.382 e. The Hall–Kier alpha value is -0.960. The summed E-state index contributed by atoms with van der Waals surface area (Å²) < 4.78 is 0. The average Bonchev–Trinajstić information content (AvgIpc) is 2.13. The minimum Gasteiger partial charge on any atom is -0.382 e. The summed E-state index contributed by atoms with van der Waals surface area (Å²) in [4.78, 5) is 7.04. The first-order valence-electron chi connectivity index (χ1n) is 3.16. The third kappa shape index (κ3) is 2.27. The molecule has 0 unspecified atom stereocenters. The fourth-order valence-corrected chi connectivity index (χ4v) is 0.858. The number of H-pyrrole nitrogens is 1. The van der Waals surface area contributed by atoms with E-state index in [0.717, 1.165) is 17.9 Å². The van der Waals surface area contributed by atoms with Crippen LogP contribution >= 0.6 is 12.4 Å². The maximum Gasteiger partial charge on any atom is 0.145 e. The zero-order valence-electron chi connectivity index (χ0n) is 6.42. The standard InChI is InChI=1S/C7H11N3.ClH/c1-3-4-6-7(8)10-5(2)9-6;/h3H,1,4,8H2,2H3,(H,9,10);1H. The lowest BCUT2D eigenvalue weighted by molar-refractivity contribution is 1.09. The zero-order chi connectivity index (χ0) is 7.56. The number of nitrogen functional groups attached to an aromatic ring is 1. The molecule has 0 aliphatic heterocycles. The summed E-state index contributed by atoms with van der Waals surface area (Å²) in [6, 6.07) is 0. The number of nitrogens with one attached hydrogen (secondary N) is 1. The van der Waals surface area contributed by atoms with Gasteiger partial charge in [0, 0.05) is 6.42 Å². The third-order valence-corrected chi connectivity index (χ3v) is 1.28. The molecule has 0 aliphatic rings. The Morgan fingerprint density at radius 2 is 2.36 bits per heavy atom. The van der Waals surface area contributed by atoms with Crippen molar-refractivity contribution in [2.24, 2.45) is 0 Å². The SMILES string of the molecule is C=CCc1[nH]c(C)nc1N.Cl. The van der Waals surface area contributed by atoms with Crippen LogP contribution in [0.15, 0.2) is 12.7 Å². The van der Waals surface area contributed by atoms with Crippen molar-refractivity contribution in [1.82, 2.24) is 9.97 Å². The Labute approximate surface area is 72.1 Å². The number of nitrogens with two attached hydrogens (primary N) is 1. The van der Waals surface area contributed by atoms with E-state index in [-0.39, 0.29) is 12.4 Å². The molecule has 0 bridgehead atoms. The second-order valence-corrected chi connectivity index (χ2v) is 2.18. The highest BCUT2D eigenvalue weighted by molar-refractivity contribution is 5.85. The van der Waals surface area contributed by atoms with E-state index < -0.39 is 0 Å². The highest BCUT2D eigenvalue weighted by Crippen LogP contribution is 2.07. The number of allylic oxidation sites excluding steroid dienone is 1. The Morgan fingerprint density at radius 1 is 1.73 bits per heavy atom. The second kappa shape index (κ2) is 4.03. The lowest BCUT2D eigenvalue weighted by atomic mass is 10.3. The van der Waals surface area contributed by atoms with Crippen molar-refractivity contribution in [3.63, 3.8) is 0 Å². The first-order chi connectivity index (χ1) is 4.74. The normalized spacial score (nSPS) is 8.82. The Bertz CT molecular complexity index is 242. The van der Waals surface area contributed by atoms with Gasteiger partial charge >= 0.3 is 0 Å². The van der Waals surface area contributed by atoms with Gasteiger partial charge in [0.05, 0.1) is 5.69 Å². The number of halogens is 1. The molecule has 62 valence electrons. The second-order valence-electron chi connectivity index (χ2n) is 2.18. The Kier molecular flexibility index (Phi) is 3.68. The zero-order valence-corrected chi connectivity index (χ0v) is 7.24. The highest BCUT2D eigenvalue weighted by atomic mass is 35.5. The van der Waals surface area contributed by atoms with Crippen LogP contribution < -0.4 is 5.73 Å². The average molecular weight is 174 g/mol. The number of aryl methyl sites for hydroxylation is 1. The number of imidazole rings is 1. The van der Waals surface area contributed by atoms with Crippen LogP contribution in [0, 0.1) is 6.92 Å². The van der Waals surface area contributed by atoms with Crippen molar-refractivity contribution in [1.29, 1.82) is 0 Å². The van der Waals surface area contributed by atoms with Gasteiger partial charge in [-0.1, -0.05) is 6.08 Å². The van der Waals surface area contributed by atoms with Gasteiger partial charge < -0.3 is 10.7 Å². The van der Waals surface area contributed by atoms with Gasteiger partial charge in [0.15, 0.2) is 0 Å². The molecule has 0 atom stereocenters. The molecule has 1 aromatic heterocycles. The van der Waals surface area contributed by atoms with Crippen LogP contribution in [-0.4, -0.2) is 9.97 Å². The van der Waals surface area contributed by atoms with Gasteiger partial charge in [-0.05, 0) is 6.92 Å². The van der Waals surface area contributed by atoms with Crippen LogP contribution in [-0.2, 0) is 6.42 Å².